The topological polar surface area (TPSA) is 80.3 Å². The Kier molecular flexibility index (Phi) is 5.28. The van der Waals surface area contributed by atoms with Gasteiger partial charge in [-0.15, -0.1) is 11.3 Å². The molecule has 1 heterocycles. The Hall–Kier alpha value is -2.41. The van der Waals surface area contributed by atoms with E-state index < -0.39 is 6.09 Å². The van der Waals surface area contributed by atoms with E-state index in [-0.39, 0.29) is 18.9 Å². The lowest BCUT2D eigenvalue weighted by molar-refractivity contribution is -0.121. The summed E-state index contributed by atoms with van der Waals surface area (Å²) in [6.45, 7) is 1.93. The number of hydrogen-bond acceptors (Lipinski definition) is 5. The van der Waals surface area contributed by atoms with E-state index in [0.29, 0.717) is 5.69 Å². The Bertz CT molecular complexity index is 613. The molecule has 0 aliphatic heterocycles. The number of nitrogens with zero attached hydrogens (tertiary/aromatic N) is 1. The van der Waals surface area contributed by atoms with Crippen LogP contribution in [-0.4, -0.2) is 23.6 Å². The SMILES string of the molecule is CCOC(=O)NNC(=O)Cc1csc(-c2ccccc2)n1. The van der Waals surface area contributed by atoms with Gasteiger partial charge in [0.05, 0.1) is 18.7 Å². The maximum atomic E-state index is 11.7. The molecule has 0 radical (unpaired) electrons. The van der Waals surface area contributed by atoms with Crippen LogP contribution >= 0.6 is 11.3 Å². The predicted molar refractivity (Wildman–Crippen MR) is 79.6 cm³/mol. The van der Waals surface area contributed by atoms with Crippen molar-refractivity contribution in [3.63, 3.8) is 0 Å². The van der Waals surface area contributed by atoms with Crippen molar-refractivity contribution >= 4 is 23.3 Å². The first-order valence-corrected chi connectivity index (χ1v) is 7.28. The van der Waals surface area contributed by atoms with Gasteiger partial charge in [0.15, 0.2) is 0 Å². The smallest absolute Gasteiger partial charge is 0.426 e. The van der Waals surface area contributed by atoms with Gasteiger partial charge in [0, 0.05) is 10.9 Å². The summed E-state index contributed by atoms with van der Waals surface area (Å²) in [4.78, 5) is 27.1. The van der Waals surface area contributed by atoms with Gasteiger partial charge >= 0.3 is 6.09 Å². The molecule has 0 saturated heterocycles. The number of nitrogens with one attached hydrogen (secondary N) is 2. The zero-order valence-electron chi connectivity index (χ0n) is 11.5. The summed E-state index contributed by atoms with van der Waals surface area (Å²) in [5.41, 5.74) is 6.09. The number of ether oxygens (including phenoxy) is 1. The van der Waals surface area contributed by atoms with Crippen LogP contribution in [0.1, 0.15) is 12.6 Å². The van der Waals surface area contributed by atoms with E-state index in [4.69, 9.17) is 0 Å². The molecule has 6 nitrogen and oxygen atoms in total. The molecule has 2 N–H and O–H groups in total. The van der Waals surface area contributed by atoms with Crippen LogP contribution in [0.2, 0.25) is 0 Å². The fourth-order valence-electron chi connectivity index (χ4n) is 1.60. The van der Waals surface area contributed by atoms with Crippen LogP contribution in [0.25, 0.3) is 10.6 Å². The third-order valence-corrected chi connectivity index (χ3v) is 3.43. The molecule has 0 aliphatic rings. The number of rotatable bonds is 4. The Balaban J connectivity index is 1.88. The summed E-state index contributed by atoms with van der Waals surface area (Å²) in [5, 5.41) is 2.68. The van der Waals surface area contributed by atoms with Gasteiger partial charge in [0.2, 0.25) is 5.91 Å². The van der Waals surface area contributed by atoms with Crippen molar-refractivity contribution in [2.24, 2.45) is 0 Å². The minimum absolute atomic E-state index is 0.0930. The van der Waals surface area contributed by atoms with Crippen LogP contribution in [0.4, 0.5) is 4.79 Å². The Morgan fingerprint density at radius 3 is 2.71 bits per heavy atom. The van der Waals surface area contributed by atoms with E-state index in [1.54, 1.807) is 6.92 Å². The second-order valence-electron chi connectivity index (χ2n) is 4.08. The summed E-state index contributed by atoms with van der Waals surface area (Å²) in [7, 11) is 0. The van der Waals surface area contributed by atoms with Gasteiger partial charge in [-0.3, -0.25) is 10.2 Å². The molecule has 2 aromatic rings. The van der Waals surface area contributed by atoms with Gasteiger partial charge in [-0.1, -0.05) is 30.3 Å². The third kappa shape index (κ3) is 4.57. The van der Waals surface area contributed by atoms with Crippen LogP contribution in [0.15, 0.2) is 35.7 Å². The molecule has 0 saturated carbocycles. The number of aromatic nitrogens is 1. The van der Waals surface area contributed by atoms with Gasteiger partial charge in [-0.05, 0) is 6.92 Å². The number of thiazole rings is 1. The first kappa shape index (κ1) is 15.0. The van der Waals surface area contributed by atoms with Crippen LogP contribution in [-0.2, 0) is 16.0 Å². The summed E-state index contributed by atoms with van der Waals surface area (Å²) >= 11 is 1.47. The fourth-order valence-corrected chi connectivity index (χ4v) is 2.42. The predicted octanol–water partition coefficient (Wildman–Crippen LogP) is 2.13. The lowest BCUT2D eigenvalue weighted by Crippen LogP contribution is -2.42. The monoisotopic (exact) mass is 305 g/mol. The van der Waals surface area contributed by atoms with Gasteiger partial charge in [-0.2, -0.15) is 0 Å². The van der Waals surface area contributed by atoms with Gasteiger partial charge in [-0.25, -0.2) is 15.2 Å². The molecule has 0 aliphatic carbocycles. The van der Waals surface area contributed by atoms with E-state index in [1.165, 1.54) is 11.3 Å². The molecule has 0 fully saturated rings. The highest BCUT2D eigenvalue weighted by molar-refractivity contribution is 7.13. The van der Waals surface area contributed by atoms with E-state index in [2.05, 4.69) is 20.6 Å². The normalized spacial score (nSPS) is 9.95. The molecule has 0 atom stereocenters. The molecule has 110 valence electrons. The van der Waals surface area contributed by atoms with Crippen LogP contribution in [0.5, 0.6) is 0 Å². The summed E-state index contributed by atoms with van der Waals surface area (Å²) < 4.78 is 4.63. The molecule has 7 heteroatoms. The number of carbonyl (C=O) groups excluding carboxylic acids is 2. The highest BCUT2D eigenvalue weighted by Crippen LogP contribution is 2.23. The van der Waals surface area contributed by atoms with Gasteiger partial charge in [0.25, 0.3) is 0 Å². The van der Waals surface area contributed by atoms with E-state index >= 15 is 0 Å². The highest BCUT2D eigenvalue weighted by Gasteiger charge is 2.10. The van der Waals surface area contributed by atoms with Crippen LogP contribution < -0.4 is 10.9 Å². The van der Waals surface area contributed by atoms with Crippen molar-refractivity contribution in [1.29, 1.82) is 0 Å². The van der Waals surface area contributed by atoms with E-state index in [1.807, 2.05) is 35.7 Å². The van der Waals surface area contributed by atoms with Gasteiger partial charge < -0.3 is 4.74 Å². The molecule has 0 unspecified atom stereocenters. The number of carbonyl (C=O) groups is 2. The summed E-state index contributed by atoms with van der Waals surface area (Å²) in [6.07, 6.45) is -0.593. The Labute approximate surface area is 126 Å². The number of amides is 2. The van der Waals surface area contributed by atoms with Crippen molar-refractivity contribution < 1.29 is 14.3 Å². The molecule has 0 bridgehead atoms. The average Bonchev–Trinajstić information content (AvgIpc) is 2.95. The quantitative estimate of drug-likeness (QED) is 0.848. The van der Waals surface area contributed by atoms with Crippen molar-refractivity contribution in [1.82, 2.24) is 15.8 Å². The Morgan fingerprint density at radius 2 is 2.00 bits per heavy atom. The summed E-state index contributed by atoms with van der Waals surface area (Å²) in [5.74, 6) is -0.354. The third-order valence-electron chi connectivity index (χ3n) is 2.49. The molecular formula is C14H15N3O3S. The number of benzene rings is 1. The maximum Gasteiger partial charge on any atom is 0.426 e. The summed E-state index contributed by atoms with van der Waals surface area (Å²) in [6, 6.07) is 9.74. The first-order chi connectivity index (χ1) is 10.2. The van der Waals surface area contributed by atoms with E-state index in [9.17, 15) is 9.59 Å². The van der Waals surface area contributed by atoms with E-state index in [0.717, 1.165) is 10.6 Å². The second kappa shape index (κ2) is 7.39. The lowest BCUT2D eigenvalue weighted by Gasteiger charge is -2.05. The lowest BCUT2D eigenvalue weighted by atomic mass is 10.2. The second-order valence-corrected chi connectivity index (χ2v) is 4.94. The fraction of sp³-hybridized carbons (Fsp3) is 0.214. The minimum Gasteiger partial charge on any atom is -0.449 e. The molecule has 2 rings (SSSR count). The number of hydrogen-bond donors (Lipinski definition) is 2. The Morgan fingerprint density at radius 1 is 1.24 bits per heavy atom. The molecule has 1 aromatic carbocycles. The largest absolute Gasteiger partial charge is 0.449 e. The van der Waals surface area contributed by atoms with Crippen molar-refractivity contribution in [3.8, 4) is 10.6 Å². The zero-order valence-corrected chi connectivity index (χ0v) is 12.3. The highest BCUT2D eigenvalue weighted by atomic mass is 32.1. The standard InChI is InChI=1S/C14H15N3O3S/c1-2-20-14(19)17-16-12(18)8-11-9-21-13(15-11)10-6-4-3-5-7-10/h3-7,9H,2,8H2,1H3,(H,16,18)(H,17,19). The molecule has 21 heavy (non-hydrogen) atoms. The first-order valence-electron chi connectivity index (χ1n) is 6.40. The number of hydrazine groups is 1. The zero-order chi connectivity index (χ0) is 15.1. The van der Waals surface area contributed by atoms with Crippen LogP contribution in [0.3, 0.4) is 0 Å². The van der Waals surface area contributed by atoms with Crippen molar-refractivity contribution in [2.75, 3.05) is 6.61 Å². The average molecular weight is 305 g/mol. The van der Waals surface area contributed by atoms with Crippen LogP contribution in [0, 0.1) is 0 Å². The molecule has 2 amide bonds. The molecule has 1 aromatic heterocycles. The maximum absolute atomic E-state index is 11.7. The van der Waals surface area contributed by atoms with Gasteiger partial charge in [0.1, 0.15) is 5.01 Å². The molecule has 0 spiro atoms. The minimum atomic E-state index is -0.686. The van der Waals surface area contributed by atoms with Crippen molar-refractivity contribution in [2.45, 2.75) is 13.3 Å². The van der Waals surface area contributed by atoms with Crippen molar-refractivity contribution in [3.05, 3.63) is 41.4 Å². The molecular weight excluding hydrogens is 290 g/mol.